The first-order valence-corrected chi connectivity index (χ1v) is 10.00. The molecule has 3 aromatic rings. The Morgan fingerprint density at radius 2 is 2.07 bits per heavy atom. The Labute approximate surface area is 164 Å². The topological polar surface area (TPSA) is 53.1 Å². The van der Waals surface area contributed by atoms with Crippen LogP contribution in [0, 0.1) is 20.8 Å². The largest absolute Gasteiger partial charge is 0.493 e. The van der Waals surface area contributed by atoms with Crippen molar-refractivity contribution in [2.45, 2.75) is 38.9 Å². The fourth-order valence-electron chi connectivity index (χ4n) is 2.77. The summed E-state index contributed by atoms with van der Waals surface area (Å²) in [6.45, 7) is 11.3. The standard InChI is InChI=1S/C21H25N3O2S/c1-5-10-24-20(18-9-12-25-17(18)4)22-23-21(24)27-13-6-11-26-19-14-15(2)7-8-16(19)3/h5,7-9,12,14H,1,6,10-11,13H2,2-4H3. The number of aryl methyl sites for hydroxylation is 3. The summed E-state index contributed by atoms with van der Waals surface area (Å²) in [6, 6.07) is 8.20. The Bertz CT molecular complexity index is 914. The summed E-state index contributed by atoms with van der Waals surface area (Å²) in [7, 11) is 0. The maximum atomic E-state index is 5.93. The molecule has 0 saturated heterocycles. The number of rotatable bonds is 9. The highest BCUT2D eigenvalue weighted by atomic mass is 32.2. The molecule has 0 amide bonds. The molecule has 0 aliphatic rings. The Kier molecular flexibility index (Phi) is 6.40. The molecule has 0 spiro atoms. The third kappa shape index (κ3) is 4.63. The lowest BCUT2D eigenvalue weighted by atomic mass is 10.1. The number of ether oxygens (including phenoxy) is 1. The van der Waals surface area contributed by atoms with Crippen LogP contribution in [0.25, 0.3) is 11.4 Å². The number of nitrogens with zero attached hydrogens (tertiary/aromatic N) is 3. The Morgan fingerprint density at radius 3 is 2.81 bits per heavy atom. The first kappa shape index (κ1) is 19.3. The number of furan rings is 1. The van der Waals surface area contributed by atoms with Crippen molar-refractivity contribution in [2.24, 2.45) is 0 Å². The molecule has 0 fully saturated rings. The molecule has 2 heterocycles. The van der Waals surface area contributed by atoms with Crippen LogP contribution in [-0.4, -0.2) is 27.1 Å². The Hall–Kier alpha value is -2.47. The molecule has 6 heteroatoms. The van der Waals surface area contributed by atoms with Crippen LogP contribution in [0.5, 0.6) is 5.75 Å². The van der Waals surface area contributed by atoms with Crippen LogP contribution in [-0.2, 0) is 6.54 Å². The zero-order valence-electron chi connectivity index (χ0n) is 16.1. The van der Waals surface area contributed by atoms with Gasteiger partial charge in [-0.3, -0.25) is 4.57 Å². The molecule has 142 valence electrons. The monoisotopic (exact) mass is 383 g/mol. The Balaban J connectivity index is 1.58. The van der Waals surface area contributed by atoms with Gasteiger partial charge < -0.3 is 9.15 Å². The van der Waals surface area contributed by atoms with Crippen molar-refractivity contribution in [3.63, 3.8) is 0 Å². The van der Waals surface area contributed by atoms with Crippen LogP contribution in [0.1, 0.15) is 23.3 Å². The molecule has 5 nitrogen and oxygen atoms in total. The van der Waals surface area contributed by atoms with Gasteiger partial charge >= 0.3 is 0 Å². The van der Waals surface area contributed by atoms with Crippen LogP contribution in [0.4, 0.5) is 0 Å². The van der Waals surface area contributed by atoms with Gasteiger partial charge in [-0.25, -0.2) is 0 Å². The highest BCUT2D eigenvalue weighted by Gasteiger charge is 2.16. The quantitative estimate of drug-likeness (QED) is 0.288. The van der Waals surface area contributed by atoms with Gasteiger partial charge in [0.2, 0.25) is 0 Å². The molecule has 0 aliphatic carbocycles. The summed E-state index contributed by atoms with van der Waals surface area (Å²) in [6.07, 6.45) is 4.46. The second-order valence-electron chi connectivity index (χ2n) is 6.42. The molecule has 0 bridgehead atoms. The zero-order chi connectivity index (χ0) is 19.2. The molecule has 0 atom stereocenters. The molecular weight excluding hydrogens is 358 g/mol. The smallest absolute Gasteiger partial charge is 0.191 e. The number of benzene rings is 1. The van der Waals surface area contributed by atoms with Crippen LogP contribution < -0.4 is 4.74 Å². The van der Waals surface area contributed by atoms with E-state index in [4.69, 9.17) is 9.15 Å². The average Bonchev–Trinajstić information content (AvgIpc) is 3.24. The predicted molar refractivity (Wildman–Crippen MR) is 109 cm³/mol. The number of hydrogen-bond donors (Lipinski definition) is 0. The molecule has 0 saturated carbocycles. The van der Waals surface area contributed by atoms with E-state index in [0.717, 1.165) is 40.2 Å². The van der Waals surface area contributed by atoms with Gasteiger partial charge in [0.25, 0.3) is 0 Å². The van der Waals surface area contributed by atoms with E-state index in [2.05, 4.69) is 53.4 Å². The summed E-state index contributed by atoms with van der Waals surface area (Å²) in [5, 5.41) is 9.60. The molecule has 27 heavy (non-hydrogen) atoms. The average molecular weight is 384 g/mol. The number of hydrogen-bond acceptors (Lipinski definition) is 5. The molecule has 3 rings (SSSR count). The maximum absolute atomic E-state index is 5.93. The van der Waals surface area contributed by atoms with Crippen LogP contribution in [0.15, 0.2) is 52.8 Å². The Morgan fingerprint density at radius 1 is 1.22 bits per heavy atom. The minimum absolute atomic E-state index is 0.661. The second kappa shape index (κ2) is 8.95. The highest BCUT2D eigenvalue weighted by molar-refractivity contribution is 7.99. The van der Waals surface area contributed by atoms with Crippen molar-refractivity contribution in [2.75, 3.05) is 12.4 Å². The minimum Gasteiger partial charge on any atom is -0.493 e. The van der Waals surface area contributed by atoms with Crippen molar-refractivity contribution in [1.82, 2.24) is 14.8 Å². The summed E-state index contributed by atoms with van der Waals surface area (Å²) in [4.78, 5) is 0. The van der Waals surface area contributed by atoms with Crippen LogP contribution >= 0.6 is 11.8 Å². The maximum Gasteiger partial charge on any atom is 0.191 e. The van der Waals surface area contributed by atoms with Gasteiger partial charge in [-0.2, -0.15) is 0 Å². The minimum atomic E-state index is 0.661. The summed E-state index contributed by atoms with van der Waals surface area (Å²) < 4.78 is 13.4. The SMILES string of the molecule is C=CCn1c(SCCCOc2cc(C)ccc2C)nnc1-c1ccoc1C. The van der Waals surface area contributed by atoms with Gasteiger partial charge in [-0.15, -0.1) is 16.8 Å². The molecule has 0 N–H and O–H groups in total. The molecule has 2 aromatic heterocycles. The van der Waals surface area contributed by atoms with Gasteiger partial charge in [-0.05, 0) is 50.5 Å². The van der Waals surface area contributed by atoms with E-state index >= 15 is 0 Å². The number of thioether (sulfide) groups is 1. The van der Waals surface area contributed by atoms with E-state index in [0.29, 0.717) is 13.2 Å². The number of aromatic nitrogens is 3. The third-order valence-corrected chi connectivity index (χ3v) is 5.30. The predicted octanol–water partition coefficient (Wildman–Crippen LogP) is 5.21. The second-order valence-corrected chi connectivity index (χ2v) is 7.48. The lowest BCUT2D eigenvalue weighted by Crippen LogP contribution is -2.03. The zero-order valence-corrected chi connectivity index (χ0v) is 16.9. The van der Waals surface area contributed by atoms with Crippen LogP contribution in [0.3, 0.4) is 0 Å². The van der Waals surface area contributed by atoms with Crippen molar-refractivity contribution in [1.29, 1.82) is 0 Å². The molecule has 0 unspecified atom stereocenters. The lowest BCUT2D eigenvalue weighted by molar-refractivity contribution is 0.316. The summed E-state index contributed by atoms with van der Waals surface area (Å²) >= 11 is 1.68. The fraction of sp³-hybridized carbons (Fsp3) is 0.333. The van der Waals surface area contributed by atoms with Gasteiger partial charge in [0.1, 0.15) is 11.5 Å². The van der Waals surface area contributed by atoms with Crippen molar-refractivity contribution < 1.29 is 9.15 Å². The van der Waals surface area contributed by atoms with Crippen LogP contribution in [0.2, 0.25) is 0 Å². The van der Waals surface area contributed by atoms with Gasteiger partial charge in [-0.1, -0.05) is 30.0 Å². The molecule has 1 aromatic carbocycles. The first-order valence-electron chi connectivity index (χ1n) is 9.01. The molecule has 0 aliphatic heterocycles. The number of allylic oxidation sites excluding steroid dienone is 1. The van der Waals surface area contributed by atoms with Gasteiger partial charge in [0, 0.05) is 12.3 Å². The van der Waals surface area contributed by atoms with Crippen molar-refractivity contribution >= 4 is 11.8 Å². The normalized spacial score (nSPS) is 10.9. The van der Waals surface area contributed by atoms with Crippen molar-refractivity contribution in [3.05, 3.63) is 60.1 Å². The fourth-order valence-corrected chi connectivity index (χ4v) is 3.63. The van der Waals surface area contributed by atoms with E-state index in [1.807, 2.05) is 19.1 Å². The summed E-state index contributed by atoms with van der Waals surface area (Å²) in [5.41, 5.74) is 3.35. The first-order chi connectivity index (χ1) is 13.1. The van der Waals surface area contributed by atoms with E-state index in [-0.39, 0.29) is 0 Å². The lowest BCUT2D eigenvalue weighted by Gasteiger charge is -2.10. The summed E-state index contributed by atoms with van der Waals surface area (Å²) in [5.74, 6) is 3.53. The van der Waals surface area contributed by atoms with Gasteiger partial charge in [0.05, 0.1) is 18.4 Å². The molecule has 0 radical (unpaired) electrons. The van der Waals surface area contributed by atoms with E-state index < -0.39 is 0 Å². The molecular formula is C21H25N3O2S. The van der Waals surface area contributed by atoms with E-state index in [1.54, 1.807) is 18.0 Å². The van der Waals surface area contributed by atoms with E-state index in [9.17, 15) is 0 Å². The van der Waals surface area contributed by atoms with E-state index in [1.165, 1.54) is 11.1 Å². The van der Waals surface area contributed by atoms with Crippen molar-refractivity contribution in [3.8, 4) is 17.1 Å². The third-order valence-electron chi connectivity index (χ3n) is 4.25. The van der Waals surface area contributed by atoms with Gasteiger partial charge in [0.15, 0.2) is 11.0 Å². The highest BCUT2D eigenvalue weighted by Crippen LogP contribution is 2.27.